The van der Waals surface area contributed by atoms with E-state index in [0.29, 0.717) is 51.4 Å². The summed E-state index contributed by atoms with van der Waals surface area (Å²) in [7, 11) is -3.62. The number of sulfonamides is 1. The Morgan fingerprint density at radius 1 is 1.10 bits per heavy atom. The summed E-state index contributed by atoms with van der Waals surface area (Å²) in [5.41, 5.74) is 0.345. The molecule has 1 atom stereocenters. The van der Waals surface area contributed by atoms with E-state index >= 15 is 0 Å². The highest BCUT2D eigenvalue weighted by Crippen LogP contribution is 2.20. The van der Waals surface area contributed by atoms with Gasteiger partial charge in [-0.15, -0.1) is 0 Å². The van der Waals surface area contributed by atoms with Crippen molar-refractivity contribution in [3.05, 3.63) is 29.8 Å². The Kier molecular flexibility index (Phi) is 6.92. The van der Waals surface area contributed by atoms with Crippen molar-refractivity contribution in [2.45, 2.75) is 37.7 Å². The Morgan fingerprint density at radius 3 is 2.34 bits per heavy atom. The maximum absolute atomic E-state index is 12.9. The molecule has 0 bridgehead atoms. The molecule has 2 heterocycles. The summed E-state index contributed by atoms with van der Waals surface area (Å²) in [6, 6.07) is 6.19. The van der Waals surface area contributed by atoms with Gasteiger partial charge in [0.25, 0.3) is 11.8 Å². The van der Waals surface area contributed by atoms with Gasteiger partial charge < -0.3 is 14.5 Å². The van der Waals surface area contributed by atoms with E-state index in [1.54, 1.807) is 35.8 Å². The number of ether oxygens (including phenoxy) is 1. The van der Waals surface area contributed by atoms with Crippen LogP contribution >= 0.6 is 0 Å². The van der Waals surface area contributed by atoms with Crippen molar-refractivity contribution in [2.75, 3.05) is 45.9 Å². The van der Waals surface area contributed by atoms with Gasteiger partial charge in [-0.25, -0.2) is 8.42 Å². The van der Waals surface area contributed by atoms with E-state index in [-0.39, 0.29) is 22.8 Å². The fourth-order valence-corrected chi connectivity index (χ4v) is 5.30. The average molecular weight is 424 g/mol. The van der Waals surface area contributed by atoms with E-state index in [1.165, 1.54) is 16.4 Å². The van der Waals surface area contributed by atoms with Crippen LogP contribution in [0.4, 0.5) is 0 Å². The molecule has 2 aliphatic heterocycles. The van der Waals surface area contributed by atoms with Crippen LogP contribution in [0.15, 0.2) is 29.2 Å². The molecule has 0 radical (unpaired) electrons. The van der Waals surface area contributed by atoms with Crippen LogP contribution in [-0.2, 0) is 19.6 Å². The van der Waals surface area contributed by atoms with Crippen LogP contribution in [0.5, 0.6) is 0 Å². The van der Waals surface area contributed by atoms with Gasteiger partial charge in [0.2, 0.25) is 10.0 Å². The molecule has 8 nitrogen and oxygen atoms in total. The first kappa shape index (κ1) is 21.7. The zero-order valence-corrected chi connectivity index (χ0v) is 17.9. The Balaban J connectivity index is 1.66. The van der Waals surface area contributed by atoms with Crippen molar-refractivity contribution in [1.82, 2.24) is 14.1 Å². The molecule has 2 fully saturated rings. The van der Waals surface area contributed by atoms with Crippen molar-refractivity contribution in [3.8, 4) is 0 Å². The minimum Gasteiger partial charge on any atom is -0.368 e. The molecule has 0 saturated carbocycles. The molecule has 9 heteroatoms. The summed E-state index contributed by atoms with van der Waals surface area (Å²) in [6.07, 6.45) is 1.31. The van der Waals surface area contributed by atoms with Gasteiger partial charge >= 0.3 is 0 Å². The topological polar surface area (TPSA) is 87.2 Å². The largest absolute Gasteiger partial charge is 0.368 e. The van der Waals surface area contributed by atoms with Gasteiger partial charge in [0, 0.05) is 51.4 Å². The fourth-order valence-electron chi connectivity index (χ4n) is 3.79. The predicted molar refractivity (Wildman–Crippen MR) is 108 cm³/mol. The molecule has 2 aliphatic rings. The molecule has 0 aliphatic carbocycles. The summed E-state index contributed by atoms with van der Waals surface area (Å²) < 4.78 is 32.3. The zero-order chi connectivity index (χ0) is 21.0. The smallest absolute Gasteiger partial charge is 0.254 e. The van der Waals surface area contributed by atoms with Crippen LogP contribution in [0.25, 0.3) is 0 Å². The normalized spacial score (nSPS) is 20.3. The summed E-state index contributed by atoms with van der Waals surface area (Å²) in [4.78, 5) is 28.9. The van der Waals surface area contributed by atoms with Crippen LogP contribution in [0.3, 0.4) is 0 Å². The molecule has 3 rings (SSSR count). The lowest BCUT2D eigenvalue weighted by Gasteiger charge is -2.35. The van der Waals surface area contributed by atoms with E-state index in [1.807, 2.05) is 0 Å². The lowest BCUT2D eigenvalue weighted by molar-refractivity contribution is -0.142. The molecular formula is C20H29N3O5S. The quantitative estimate of drug-likeness (QED) is 0.686. The van der Waals surface area contributed by atoms with Gasteiger partial charge in [0.05, 0.1) is 4.90 Å². The summed E-state index contributed by atoms with van der Waals surface area (Å²) in [5, 5.41) is 0. The Bertz CT molecular complexity index is 839. The van der Waals surface area contributed by atoms with Gasteiger partial charge in [0.1, 0.15) is 6.10 Å². The van der Waals surface area contributed by atoms with E-state index in [9.17, 15) is 18.0 Å². The molecule has 0 aromatic heterocycles. The summed E-state index contributed by atoms with van der Waals surface area (Å²) in [6.45, 7) is 6.70. The van der Waals surface area contributed by atoms with Crippen molar-refractivity contribution in [2.24, 2.45) is 0 Å². The Hall–Kier alpha value is -1.97. The highest BCUT2D eigenvalue weighted by molar-refractivity contribution is 7.89. The summed E-state index contributed by atoms with van der Waals surface area (Å²) in [5.74, 6) is -0.215. The number of nitrogens with zero attached hydrogens (tertiary/aromatic N) is 3. The fraction of sp³-hybridized carbons (Fsp3) is 0.600. The van der Waals surface area contributed by atoms with E-state index in [0.717, 1.165) is 12.8 Å². The second-order valence-corrected chi connectivity index (χ2v) is 9.17. The van der Waals surface area contributed by atoms with Crippen LogP contribution in [0, 0.1) is 0 Å². The van der Waals surface area contributed by atoms with Crippen molar-refractivity contribution in [3.63, 3.8) is 0 Å². The molecule has 160 valence electrons. The molecular weight excluding hydrogens is 394 g/mol. The molecule has 2 amide bonds. The number of benzene rings is 1. The first-order valence-corrected chi connectivity index (χ1v) is 11.6. The molecule has 0 N–H and O–H groups in total. The molecule has 0 spiro atoms. The highest BCUT2D eigenvalue weighted by atomic mass is 32.2. The number of carbonyl (C=O) groups excluding carboxylic acids is 2. The number of carbonyl (C=O) groups is 2. The van der Waals surface area contributed by atoms with Gasteiger partial charge in [-0.2, -0.15) is 4.31 Å². The van der Waals surface area contributed by atoms with Gasteiger partial charge in [-0.3, -0.25) is 9.59 Å². The Morgan fingerprint density at radius 2 is 1.76 bits per heavy atom. The van der Waals surface area contributed by atoms with Gasteiger partial charge in [0.15, 0.2) is 0 Å². The third-order valence-corrected chi connectivity index (χ3v) is 7.55. The maximum Gasteiger partial charge on any atom is 0.254 e. The van der Waals surface area contributed by atoms with Gasteiger partial charge in [-0.05, 0) is 31.0 Å². The second-order valence-electron chi connectivity index (χ2n) is 7.24. The van der Waals surface area contributed by atoms with Crippen LogP contribution < -0.4 is 0 Å². The number of rotatable bonds is 6. The number of amides is 2. The SMILES string of the molecule is CCN(CC)S(=O)(=O)c1cccc(C(=O)N2CCN(C(=O)C3CCCO3)CC2)c1. The predicted octanol–water partition coefficient (Wildman–Crippen LogP) is 1.18. The van der Waals surface area contributed by atoms with Crippen LogP contribution in [0.2, 0.25) is 0 Å². The van der Waals surface area contributed by atoms with E-state index < -0.39 is 10.0 Å². The van der Waals surface area contributed by atoms with E-state index in [2.05, 4.69) is 0 Å². The van der Waals surface area contributed by atoms with Gasteiger partial charge in [-0.1, -0.05) is 19.9 Å². The summed E-state index contributed by atoms with van der Waals surface area (Å²) >= 11 is 0. The van der Waals surface area contributed by atoms with Crippen LogP contribution in [-0.4, -0.2) is 86.3 Å². The minimum absolute atomic E-state index is 0.00177. The van der Waals surface area contributed by atoms with Crippen molar-refractivity contribution < 1.29 is 22.7 Å². The molecule has 1 aromatic carbocycles. The minimum atomic E-state index is -3.62. The van der Waals surface area contributed by atoms with Crippen LogP contribution in [0.1, 0.15) is 37.0 Å². The number of piperazine rings is 1. The third kappa shape index (κ3) is 4.62. The third-order valence-electron chi connectivity index (χ3n) is 5.51. The average Bonchev–Trinajstić information content (AvgIpc) is 3.28. The first-order valence-electron chi connectivity index (χ1n) is 10.2. The van der Waals surface area contributed by atoms with Crippen molar-refractivity contribution in [1.29, 1.82) is 0 Å². The Labute approximate surface area is 172 Å². The molecule has 2 saturated heterocycles. The molecule has 1 unspecified atom stereocenters. The maximum atomic E-state index is 12.9. The van der Waals surface area contributed by atoms with Crippen molar-refractivity contribution >= 4 is 21.8 Å². The zero-order valence-electron chi connectivity index (χ0n) is 17.0. The molecule has 1 aromatic rings. The number of hydrogen-bond acceptors (Lipinski definition) is 5. The van der Waals surface area contributed by atoms with E-state index in [4.69, 9.17) is 4.74 Å². The monoisotopic (exact) mass is 423 g/mol. The first-order chi connectivity index (χ1) is 13.9. The molecule has 29 heavy (non-hydrogen) atoms. The second kappa shape index (κ2) is 9.23. The lowest BCUT2D eigenvalue weighted by Crippen LogP contribution is -2.52. The standard InChI is InChI=1S/C20H29N3O5S/c1-3-23(4-2)29(26,27)17-8-5-7-16(15-17)19(24)21-10-12-22(13-11-21)20(25)18-9-6-14-28-18/h5,7-8,15,18H,3-4,6,9-14H2,1-2H3. The number of hydrogen-bond donors (Lipinski definition) is 0. The highest BCUT2D eigenvalue weighted by Gasteiger charge is 2.32. The lowest BCUT2D eigenvalue weighted by atomic mass is 10.1.